The summed E-state index contributed by atoms with van der Waals surface area (Å²) in [7, 11) is 0. The predicted octanol–water partition coefficient (Wildman–Crippen LogP) is 1.44. The lowest BCUT2D eigenvalue weighted by Crippen LogP contribution is -2.52. The van der Waals surface area contributed by atoms with E-state index in [4.69, 9.17) is 10.5 Å². The van der Waals surface area contributed by atoms with Crippen molar-refractivity contribution in [1.29, 1.82) is 0 Å². The number of amides is 1. The summed E-state index contributed by atoms with van der Waals surface area (Å²) < 4.78 is 70.3. The molecule has 0 radical (unpaired) electrons. The highest BCUT2D eigenvalue weighted by molar-refractivity contribution is 5.98. The first-order valence-corrected chi connectivity index (χ1v) is 5.47. The highest BCUT2D eigenvalue weighted by atomic mass is 19.2. The van der Waals surface area contributed by atoms with Crippen LogP contribution in [0.1, 0.15) is 6.42 Å². The van der Waals surface area contributed by atoms with Gasteiger partial charge in [-0.25, -0.2) is 22.0 Å². The second-order valence-corrected chi connectivity index (χ2v) is 4.36. The number of carbonyl (C=O) groups is 1. The zero-order valence-electron chi connectivity index (χ0n) is 9.90. The molecule has 1 aromatic rings. The molecule has 2 rings (SSSR count). The van der Waals surface area contributed by atoms with Gasteiger partial charge in [0.2, 0.25) is 11.7 Å². The molecule has 1 atom stereocenters. The Kier molecular flexibility index (Phi) is 3.65. The number of halogens is 5. The van der Waals surface area contributed by atoms with E-state index in [9.17, 15) is 26.7 Å². The van der Waals surface area contributed by atoms with E-state index < -0.39 is 46.2 Å². The van der Waals surface area contributed by atoms with Crippen LogP contribution >= 0.6 is 0 Å². The van der Waals surface area contributed by atoms with E-state index in [1.54, 1.807) is 5.32 Å². The molecule has 1 unspecified atom stereocenters. The van der Waals surface area contributed by atoms with Crippen LogP contribution in [0, 0.1) is 29.1 Å². The molecule has 0 bridgehead atoms. The van der Waals surface area contributed by atoms with E-state index in [-0.39, 0.29) is 19.6 Å². The molecule has 0 spiro atoms. The zero-order valence-corrected chi connectivity index (χ0v) is 9.90. The Hall–Kier alpha value is -1.74. The van der Waals surface area contributed by atoms with Crippen molar-refractivity contribution in [2.45, 2.75) is 12.0 Å². The fourth-order valence-corrected chi connectivity index (χ4v) is 1.71. The molecular formula is C11H9F5N2O2. The van der Waals surface area contributed by atoms with Gasteiger partial charge in [0.15, 0.2) is 23.3 Å². The molecule has 0 aliphatic carbocycles. The van der Waals surface area contributed by atoms with Crippen molar-refractivity contribution < 1.29 is 31.5 Å². The van der Waals surface area contributed by atoms with Gasteiger partial charge in [-0.15, -0.1) is 0 Å². The van der Waals surface area contributed by atoms with Crippen LogP contribution in [0.15, 0.2) is 0 Å². The minimum atomic E-state index is -2.30. The number of hydrogen-bond acceptors (Lipinski definition) is 3. The highest BCUT2D eigenvalue weighted by Gasteiger charge is 2.39. The zero-order chi connectivity index (χ0) is 15.1. The molecule has 1 heterocycles. The number of benzene rings is 1. The number of rotatable bonds is 2. The summed E-state index contributed by atoms with van der Waals surface area (Å²) >= 11 is 0. The SMILES string of the molecule is NC1(C(=O)Nc2c(F)c(F)c(F)c(F)c2F)CCOC1. The van der Waals surface area contributed by atoms with Gasteiger partial charge in [-0.2, -0.15) is 0 Å². The van der Waals surface area contributed by atoms with Crippen molar-refractivity contribution in [2.24, 2.45) is 5.73 Å². The Morgan fingerprint density at radius 2 is 1.55 bits per heavy atom. The lowest BCUT2D eigenvalue weighted by molar-refractivity contribution is -0.121. The lowest BCUT2D eigenvalue weighted by Gasteiger charge is -2.21. The summed E-state index contributed by atoms with van der Waals surface area (Å²) in [5, 5.41) is 1.63. The van der Waals surface area contributed by atoms with Crippen molar-refractivity contribution in [3.05, 3.63) is 29.1 Å². The molecule has 3 N–H and O–H groups in total. The van der Waals surface area contributed by atoms with Crippen LogP contribution in [0.2, 0.25) is 0 Å². The Morgan fingerprint density at radius 3 is 2.00 bits per heavy atom. The smallest absolute Gasteiger partial charge is 0.247 e. The molecule has 9 heteroatoms. The van der Waals surface area contributed by atoms with Crippen LogP contribution in [-0.2, 0) is 9.53 Å². The summed E-state index contributed by atoms with van der Waals surface area (Å²) in [4.78, 5) is 11.8. The fourth-order valence-electron chi connectivity index (χ4n) is 1.71. The number of ether oxygens (including phenoxy) is 1. The van der Waals surface area contributed by atoms with E-state index in [0.29, 0.717) is 0 Å². The van der Waals surface area contributed by atoms with Gasteiger partial charge in [0, 0.05) is 6.61 Å². The monoisotopic (exact) mass is 296 g/mol. The third-order valence-electron chi connectivity index (χ3n) is 2.95. The number of nitrogens with one attached hydrogen (secondary N) is 1. The molecule has 110 valence electrons. The lowest BCUT2D eigenvalue weighted by atomic mass is 9.99. The van der Waals surface area contributed by atoms with Crippen LogP contribution in [0.3, 0.4) is 0 Å². The summed E-state index contributed by atoms with van der Waals surface area (Å²) in [6.45, 7) is -0.0603. The van der Waals surface area contributed by atoms with Gasteiger partial charge in [-0.3, -0.25) is 4.79 Å². The Morgan fingerprint density at radius 1 is 1.05 bits per heavy atom. The molecule has 1 aliphatic heterocycles. The van der Waals surface area contributed by atoms with Crippen molar-refractivity contribution in [1.82, 2.24) is 0 Å². The standard InChI is InChI=1S/C11H9F5N2O2/c12-4-5(13)7(15)9(8(16)6(4)14)18-10(19)11(17)1-2-20-3-11/h1-3,17H2,(H,18,19). The summed E-state index contributed by atoms with van der Waals surface area (Å²) in [5.74, 6) is -11.9. The molecule has 1 fully saturated rings. The second-order valence-electron chi connectivity index (χ2n) is 4.36. The number of nitrogens with two attached hydrogens (primary N) is 1. The minimum Gasteiger partial charge on any atom is -0.379 e. The summed E-state index contributed by atoms with van der Waals surface area (Å²) in [6.07, 6.45) is 0.0637. The molecule has 0 aromatic heterocycles. The van der Waals surface area contributed by atoms with Gasteiger partial charge in [0.25, 0.3) is 0 Å². The maximum absolute atomic E-state index is 13.4. The van der Waals surface area contributed by atoms with Crippen molar-refractivity contribution in [2.75, 3.05) is 18.5 Å². The van der Waals surface area contributed by atoms with Gasteiger partial charge in [-0.05, 0) is 6.42 Å². The fraction of sp³-hybridized carbons (Fsp3) is 0.364. The van der Waals surface area contributed by atoms with Crippen LogP contribution in [0.4, 0.5) is 27.6 Å². The van der Waals surface area contributed by atoms with Gasteiger partial charge in [0.05, 0.1) is 6.61 Å². The van der Waals surface area contributed by atoms with Gasteiger partial charge >= 0.3 is 0 Å². The van der Waals surface area contributed by atoms with Crippen molar-refractivity contribution in [3.8, 4) is 0 Å². The van der Waals surface area contributed by atoms with Crippen molar-refractivity contribution >= 4 is 11.6 Å². The average molecular weight is 296 g/mol. The first-order valence-electron chi connectivity index (χ1n) is 5.47. The maximum Gasteiger partial charge on any atom is 0.247 e. The second kappa shape index (κ2) is 4.98. The largest absolute Gasteiger partial charge is 0.379 e. The molecule has 1 aliphatic rings. The normalized spacial score (nSPS) is 22.1. The molecule has 0 saturated carbocycles. The van der Waals surface area contributed by atoms with Gasteiger partial charge < -0.3 is 15.8 Å². The molecule has 1 amide bonds. The van der Waals surface area contributed by atoms with E-state index in [2.05, 4.69) is 0 Å². The van der Waals surface area contributed by atoms with Gasteiger partial charge in [0.1, 0.15) is 11.2 Å². The predicted molar refractivity (Wildman–Crippen MR) is 57.2 cm³/mol. The minimum absolute atomic E-state index is 0.0637. The quantitative estimate of drug-likeness (QED) is 0.493. The number of hydrogen-bond donors (Lipinski definition) is 2. The first kappa shape index (κ1) is 14.7. The van der Waals surface area contributed by atoms with E-state index in [1.165, 1.54) is 0 Å². The first-order chi connectivity index (χ1) is 9.28. The number of anilines is 1. The highest BCUT2D eigenvalue weighted by Crippen LogP contribution is 2.28. The Balaban J connectivity index is 2.37. The molecule has 1 saturated heterocycles. The van der Waals surface area contributed by atoms with E-state index in [1.807, 2.05) is 0 Å². The topological polar surface area (TPSA) is 64.4 Å². The van der Waals surface area contributed by atoms with E-state index >= 15 is 0 Å². The Labute approximate surface area is 109 Å². The molecule has 1 aromatic carbocycles. The van der Waals surface area contributed by atoms with Crippen LogP contribution in [-0.4, -0.2) is 24.7 Å². The maximum atomic E-state index is 13.4. The van der Waals surface area contributed by atoms with Crippen LogP contribution < -0.4 is 11.1 Å². The average Bonchev–Trinajstić information content (AvgIpc) is 2.87. The van der Waals surface area contributed by atoms with Crippen LogP contribution in [0.25, 0.3) is 0 Å². The third-order valence-corrected chi connectivity index (χ3v) is 2.95. The third kappa shape index (κ3) is 2.22. The number of carbonyl (C=O) groups excluding carboxylic acids is 1. The van der Waals surface area contributed by atoms with Crippen LogP contribution in [0.5, 0.6) is 0 Å². The Bertz CT molecular complexity index is 543. The van der Waals surface area contributed by atoms with E-state index in [0.717, 1.165) is 0 Å². The van der Waals surface area contributed by atoms with Crippen molar-refractivity contribution in [3.63, 3.8) is 0 Å². The summed E-state index contributed by atoms with van der Waals surface area (Å²) in [5.41, 5.74) is 2.62. The van der Waals surface area contributed by atoms with Gasteiger partial charge in [-0.1, -0.05) is 0 Å². The summed E-state index contributed by atoms with van der Waals surface area (Å²) in [6, 6.07) is 0. The molecular weight excluding hydrogens is 287 g/mol. The molecule has 4 nitrogen and oxygen atoms in total. The molecule has 20 heavy (non-hydrogen) atoms.